The van der Waals surface area contributed by atoms with Gasteiger partial charge in [0.05, 0.1) is 6.61 Å². The van der Waals surface area contributed by atoms with Crippen LogP contribution in [0.25, 0.3) is 10.4 Å². The van der Waals surface area contributed by atoms with Gasteiger partial charge < -0.3 is 4.74 Å². The van der Waals surface area contributed by atoms with Crippen LogP contribution in [0.2, 0.25) is 0 Å². The van der Waals surface area contributed by atoms with Crippen molar-refractivity contribution in [2.75, 3.05) is 6.61 Å². The first-order chi connectivity index (χ1) is 9.19. The maximum atomic E-state index is 11.8. The van der Waals surface area contributed by atoms with Crippen molar-refractivity contribution in [1.29, 1.82) is 0 Å². The van der Waals surface area contributed by atoms with Crippen LogP contribution in [0.5, 0.6) is 0 Å². The van der Waals surface area contributed by atoms with Crippen LogP contribution >= 0.6 is 39.0 Å². The molecule has 0 amide bonds. The predicted octanol–water partition coefficient (Wildman–Crippen LogP) is 4.96. The molecule has 1 aliphatic rings. The van der Waals surface area contributed by atoms with Crippen molar-refractivity contribution in [3.8, 4) is 10.4 Å². The number of thioether (sulfide) groups is 1. The summed E-state index contributed by atoms with van der Waals surface area (Å²) in [7, 11) is 0. The number of fused-ring (bicyclic) bond motifs is 3. The van der Waals surface area contributed by atoms with Crippen molar-refractivity contribution in [3.63, 3.8) is 0 Å². The van der Waals surface area contributed by atoms with Gasteiger partial charge in [0, 0.05) is 25.6 Å². The van der Waals surface area contributed by atoms with E-state index in [1.807, 2.05) is 30.8 Å². The maximum absolute atomic E-state index is 11.8. The van der Waals surface area contributed by atoms with Gasteiger partial charge in [-0.1, -0.05) is 22.0 Å². The SMILES string of the molecule is CCOC(=O)c1cc2c(s1)-c1ccc(Br)cc1SC2. The Morgan fingerprint density at radius 1 is 1.42 bits per heavy atom. The first kappa shape index (κ1) is 13.2. The van der Waals surface area contributed by atoms with Gasteiger partial charge in [-0.15, -0.1) is 23.1 Å². The molecule has 1 aromatic carbocycles. The number of esters is 1. The van der Waals surface area contributed by atoms with Crippen LogP contribution in [0.15, 0.2) is 33.6 Å². The monoisotopic (exact) mass is 354 g/mol. The molecule has 98 valence electrons. The summed E-state index contributed by atoms with van der Waals surface area (Å²) in [6.45, 7) is 2.24. The van der Waals surface area contributed by atoms with Gasteiger partial charge in [0.15, 0.2) is 0 Å². The molecule has 2 nitrogen and oxygen atoms in total. The second kappa shape index (κ2) is 5.31. The van der Waals surface area contributed by atoms with E-state index in [2.05, 4.69) is 28.1 Å². The zero-order chi connectivity index (χ0) is 13.4. The van der Waals surface area contributed by atoms with Gasteiger partial charge in [0.1, 0.15) is 4.88 Å². The summed E-state index contributed by atoms with van der Waals surface area (Å²) in [6, 6.07) is 8.25. The highest BCUT2D eigenvalue weighted by atomic mass is 79.9. The number of hydrogen-bond donors (Lipinski definition) is 0. The van der Waals surface area contributed by atoms with Crippen LogP contribution in [0.1, 0.15) is 22.2 Å². The number of ether oxygens (including phenoxy) is 1. The highest BCUT2D eigenvalue weighted by Crippen LogP contribution is 2.46. The third-order valence-electron chi connectivity index (χ3n) is 2.86. The Morgan fingerprint density at radius 2 is 2.26 bits per heavy atom. The van der Waals surface area contributed by atoms with Crippen LogP contribution in [-0.4, -0.2) is 12.6 Å². The number of rotatable bonds is 2. The van der Waals surface area contributed by atoms with Gasteiger partial charge in [0.2, 0.25) is 0 Å². The van der Waals surface area contributed by atoms with Gasteiger partial charge in [-0.05, 0) is 30.7 Å². The van der Waals surface area contributed by atoms with Crippen molar-refractivity contribution >= 4 is 45.0 Å². The molecule has 0 saturated heterocycles. The van der Waals surface area contributed by atoms with Crippen molar-refractivity contribution < 1.29 is 9.53 Å². The molecule has 0 aliphatic carbocycles. The van der Waals surface area contributed by atoms with Gasteiger partial charge in [-0.3, -0.25) is 0 Å². The molecule has 2 heterocycles. The van der Waals surface area contributed by atoms with Crippen LogP contribution < -0.4 is 0 Å². The number of halogens is 1. The minimum absolute atomic E-state index is 0.217. The van der Waals surface area contributed by atoms with E-state index in [1.165, 1.54) is 32.2 Å². The third kappa shape index (κ3) is 2.47. The van der Waals surface area contributed by atoms with E-state index >= 15 is 0 Å². The summed E-state index contributed by atoms with van der Waals surface area (Å²) in [5, 5.41) is 0. The van der Waals surface area contributed by atoms with E-state index in [0.717, 1.165) is 10.2 Å². The van der Waals surface area contributed by atoms with Crippen LogP contribution in [0.4, 0.5) is 0 Å². The fourth-order valence-corrected chi connectivity index (χ4v) is 4.88. The molecule has 3 rings (SSSR count). The lowest BCUT2D eigenvalue weighted by molar-refractivity contribution is 0.0532. The van der Waals surface area contributed by atoms with Gasteiger partial charge in [-0.2, -0.15) is 0 Å². The first-order valence-corrected chi connectivity index (χ1v) is 8.51. The lowest BCUT2D eigenvalue weighted by atomic mass is 10.1. The standard InChI is InChI=1S/C14H11BrO2S2/c1-2-17-14(16)12-5-8-7-18-11-6-9(15)3-4-10(11)13(8)19-12/h3-6H,2,7H2,1H3. The van der Waals surface area contributed by atoms with Gasteiger partial charge in [-0.25, -0.2) is 4.79 Å². The fourth-order valence-electron chi connectivity index (χ4n) is 2.03. The average molecular weight is 355 g/mol. The number of benzene rings is 1. The summed E-state index contributed by atoms with van der Waals surface area (Å²) < 4.78 is 6.16. The molecule has 2 aromatic rings. The highest BCUT2D eigenvalue weighted by molar-refractivity contribution is 9.10. The van der Waals surface area contributed by atoms with Crippen LogP contribution in [0, 0.1) is 0 Å². The number of hydrogen-bond acceptors (Lipinski definition) is 4. The second-order valence-corrected chi connectivity index (χ2v) is 7.10. The summed E-state index contributed by atoms with van der Waals surface area (Å²) in [5.41, 5.74) is 2.45. The normalized spacial score (nSPS) is 12.7. The van der Waals surface area contributed by atoms with Gasteiger partial charge >= 0.3 is 5.97 Å². The zero-order valence-corrected chi connectivity index (χ0v) is 13.5. The van der Waals surface area contributed by atoms with E-state index in [9.17, 15) is 4.79 Å². The van der Waals surface area contributed by atoms with Crippen molar-refractivity contribution in [2.24, 2.45) is 0 Å². The first-order valence-electron chi connectivity index (χ1n) is 5.91. The molecule has 1 aromatic heterocycles. The predicted molar refractivity (Wildman–Crippen MR) is 83.0 cm³/mol. The molecular formula is C14H11BrO2S2. The van der Waals surface area contributed by atoms with Crippen molar-refractivity contribution in [3.05, 3.63) is 39.2 Å². The summed E-state index contributed by atoms with van der Waals surface area (Å²) in [4.78, 5) is 15.0. The molecule has 0 fully saturated rings. The van der Waals surface area contributed by atoms with Crippen molar-refractivity contribution in [2.45, 2.75) is 17.6 Å². The lowest BCUT2D eigenvalue weighted by Crippen LogP contribution is -2.01. The Labute approximate surface area is 128 Å². The van der Waals surface area contributed by atoms with E-state index in [-0.39, 0.29) is 5.97 Å². The van der Waals surface area contributed by atoms with Gasteiger partial charge in [0.25, 0.3) is 0 Å². The second-order valence-electron chi connectivity index (χ2n) is 4.11. The Hall–Kier alpha value is -0.780. The van der Waals surface area contributed by atoms with Crippen LogP contribution in [-0.2, 0) is 10.5 Å². The number of carbonyl (C=O) groups excluding carboxylic acids is 1. The molecule has 0 saturated carbocycles. The molecule has 0 spiro atoms. The zero-order valence-electron chi connectivity index (χ0n) is 10.2. The minimum Gasteiger partial charge on any atom is -0.462 e. The quantitative estimate of drug-likeness (QED) is 0.713. The minimum atomic E-state index is -0.217. The van der Waals surface area contributed by atoms with E-state index in [0.29, 0.717) is 11.5 Å². The Morgan fingerprint density at radius 3 is 3.05 bits per heavy atom. The van der Waals surface area contributed by atoms with Crippen molar-refractivity contribution in [1.82, 2.24) is 0 Å². The molecule has 0 unspecified atom stereocenters. The smallest absolute Gasteiger partial charge is 0.348 e. The molecule has 0 bridgehead atoms. The largest absolute Gasteiger partial charge is 0.462 e. The lowest BCUT2D eigenvalue weighted by Gasteiger charge is -2.15. The summed E-state index contributed by atoms with van der Waals surface area (Å²) >= 11 is 6.83. The number of thiophene rings is 1. The molecule has 1 aliphatic heterocycles. The van der Waals surface area contributed by atoms with Crippen LogP contribution in [0.3, 0.4) is 0 Å². The van der Waals surface area contributed by atoms with E-state index < -0.39 is 0 Å². The molecule has 0 N–H and O–H groups in total. The Kier molecular flexibility index (Phi) is 3.69. The molecule has 0 radical (unpaired) electrons. The van der Waals surface area contributed by atoms with E-state index in [4.69, 9.17) is 4.74 Å². The molecule has 19 heavy (non-hydrogen) atoms. The third-order valence-corrected chi connectivity index (χ3v) is 5.65. The topological polar surface area (TPSA) is 26.3 Å². The summed E-state index contributed by atoms with van der Waals surface area (Å²) in [5.74, 6) is 0.694. The Bertz CT molecular complexity index is 649. The number of carbonyl (C=O) groups is 1. The highest BCUT2D eigenvalue weighted by Gasteiger charge is 2.22. The molecule has 0 atom stereocenters. The van der Waals surface area contributed by atoms with E-state index in [1.54, 1.807) is 0 Å². The summed E-state index contributed by atoms with van der Waals surface area (Å²) in [6.07, 6.45) is 0. The Balaban J connectivity index is 2.04. The average Bonchev–Trinajstić information content (AvgIpc) is 2.82. The molecule has 5 heteroatoms. The maximum Gasteiger partial charge on any atom is 0.348 e. The molecular weight excluding hydrogens is 344 g/mol. The fraction of sp³-hybridized carbons (Fsp3) is 0.214.